The van der Waals surface area contributed by atoms with Crippen LogP contribution in [0.5, 0.6) is 0 Å². The van der Waals surface area contributed by atoms with Crippen LogP contribution in [-0.2, 0) is 0 Å². The molecule has 0 amide bonds. The summed E-state index contributed by atoms with van der Waals surface area (Å²) < 4.78 is 1.02. The highest BCUT2D eigenvalue weighted by molar-refractivity contribution is 9.10. The number of anilines is 2. The Balaban J connectivity index is 1.77. The number of nitrogen functional groups attached to an aromatic ring is 1. The van der Waals surface area contributed by atoms with Gasteiger partial charge >= 0.3 is 0 Å². The Kier molecular flexibility index (Phi) is 3.46. The van der Waals surface area contributed by atoms with Crippen molar-refractivity contribution in [1.82, 2.24) is 4.98 Å². The third-order valence-electron chi connectivity index (χ3n) is 4.43. The molecule has 98 valence electrons. The molecule has 0 radical (unpaired) electrons. The van der Waals surface area contributed by atoms with Gasteiger partial charge in [-0.1, -0.05) is 19.3 Å². The summed E-state index contributed by atoms with van der Waals surface area (Å²) in [4.78, 5) is 6.92. The lowest BCUT2D eigenvalue weighted by Crippen LogP contribution is -2.42. The van der Waals surface area contributed by atoms with E-state index < -0.39 is 0 Å². The third kappa shape index (κ3) is 2.35. The number of piperidine rings is 1. The van der Waals surface area contributed by atoms with E-state index in [2.05, 4.69) is 25.8 Å². The number of nitrogens with zero attached hydrogens (tertiary/aromatic N) is 2. The molecule has 3 rings (SSSR count). The normalized spacial score (nSPS) is 27.9. The van der Waals surface area contributed by atoms with Gasteiger partial charge in [0.15, 0.2) is 0 Å². The van der Waals surface area contributed by atoms with E-state index in [1.54, 1.807) is 6.20 Å². The summed E-state index contributed by atoms with van der Waals surface area (Å²) in [7, 11) is 0. The Hall–Kier alpha value is -0.770. The standard InChI is InChI=1S/C14H20BrN3/c15-13-7-12(16)8-17-14(13)18-6-5-10-3-1-2-4-11(10)9-18/h7-8,10-11H,1-6,9,16H2. The first-order chi connectivity index (χ1) is 8.74. The zero-order valence-electron chi connectivity index (χ0n) is 10.6. The third-order valence-corrected chi connectivity index (χ3v) is 5.02. The molecule has 3 nitrogen and oxygen atoms in total. The van der Waals surface area contributed by atoms with Crippen molar-refractivity contribution in [2.24, 2.45) is 11.8 Å². The van der Waals surface area contributed by atoms with Gasteiger partial charge in [-0.15, -0.1) is 0 Å². The minimum absolute atomic E-state index is 0.721. The molecule has 0 bridgehead atoms. The highest BCUT2D eigenvalue weighted by Gasteiger charge is 2.32. The zero-order chi connectivity index (χ0) is 12.5. The predicted octanol–water partition coefficient (Wildman–Crippen LogP) is 3.44. The van der Waals surface area contributed by atoms with Crippen LogP contribution in [-0.4, -0.2) is 18.1 Å². The van der Waals surface area contributed by atoms with Crippen LogP contribution in [0.1, 0.15) is 32.1 Å². The number of pyridine rings is 1. The molecule has 1 saturated heterocycles. The second-order valence-corrected chi connectivity index (χ2v) is 6.47. The lowest BCUT2D eigenvalue weighted by molar-refractivity contribution is 0.202. The first-order valence-electron chi connectivity index (χ1n) is 6.90. The van der Waals surface area contributed by atoms with E-state index in [4.69, 9.17) is 5.73 Å². The van der Waals surface area contributed by atoms with Gasteiger partial charge < -0.3 is 10.6 Å². The molecule has 2 heterocycles. The van der Waals surface area contributed by atoms with Gasteiger partial charge in [0.2, 0.25) is 0 Å². The number of hydrogen-bond donors (Lipinski definition) is 1. The van der Waals surface area contributed by atoms with Crippen LogP contribution >= 0.6 is 15.9 Å². The van der Waals surface area contributed by atoms with Crippen LogP contribution in [0.4, 0.5) is 11.5 Å². The maximum Gasteiger partial charge on any atom is 0.143 e. The Labute approximate surface area is 117 Å². The number of nitrogens with two attached hydrogens (primary N) is 1. The summed E-state index contributed by atoms with van der Waals surface area (Å²) in [5.41, 5.74) is 6.47. The Morgan fingerprint density at radius 1 is 1.22 bits per heavy atom. The van der Waals surface area contributed by atoms with Gasteiger partial charge in [-0.2, -0.15) is 0 Å². The molecule has 1 aliphatic heterocycles. The molecule has 2 N–H and O–H groups in total. The topological polar surface area (TPSA) is 42.1 Å². The first-order valence-corrected chi connectivity index (χ1v) is 7.69. The van der Waals surface area contributed by atoms with Gasteiger partial charge in [0.1, 0.15) is 5.82 Å². The van der Waals surface area contributed by atoms with Crippen LogP contribution in [0, 0.1) is 11.8 Å². The SMILES string of the molecule is Nc1cnc(N2CCC3CCCCC3C2)c(Br)c1. The molecule has 2 fully saturated rings. The van der Waals surface area contributed by atoms with Crippen molar-refractivity contribution >= 4 is 27.4 Å². The van der Waals surface area contributed by atoms with Crippen LogP contribution < -0.4 is 10.6 Å². The number of rotatable bonds is 1. The maximum absolute atomic E-state index is 5.75. The molecule has 18 heavy (non-hydrogen) atoms. The fraction of sp³-hybridized carbons (Fsp3) is 0.643. The minimum atomic E-state index is 0.721. The summed E-state index contributed by atoms with van der Waals surface area (Å²) in [5.74, 6) is 2.90. The Morgan fingerprint density at radius 2 is 2.00 bits per heavy atom. The number of halogens is 1. The van der Waals surface area contributed by atoms with Crippen LogP contribution in [0.15, 0.2) is 16.7 Å². The van der Waals surface area contributed by atoms with Crippen molar-refractivity contribution in [3.05, 3.63) is 16.7 Å². The van der Waals surface area contributed by atoms with Gasteiger partial charge in [-0.3, -0.25) is 0 Å². The van der Waals surface area contributed by atoms with E-state index in [-0.39, 0.29) is 0 Å². The number of fused-ring (bicyclic) bond motifs is 1. The monoisotopic (exact) mass is 309 g/mol. The van der Waals surface area contributed by atoms with Gasteiger partial charge in [0.05, 0.1) is 16.4 Å². The summed E-state index contributed by atoms with van der Waals surface area (Å²) in [6.45, 7) is 2.30. The first kappa shape index (κ1) is 12.3. The molecule has 2 aliphatic rings. The molecule has 1 aliphatic carbocycles. The van der Waals surface area contributed by atoms with E-state index in [0.29, 0.717) is 0 Å². The summed E-state index contributed by atoms with van der Waals surface area (Å²) >= 11 is 3.59. The highest BCUT2D eigenvalue weighted by Crippen LogP contribution is 2.38. The molecular formula is C14H20BrN3. The maximum atomic E-state index is 5.75. The Morgan fingerprint density at radius 3 is 2.78 bits per heavy atom. The van der Waals surface area contributed by atoms with E-state index in [1.807, 2.05) is 6.07 Å². The molecule has 4 heteroatoms. The molecule has 1 aromatic rings. The minimum Gasteiger partial charge on any atom is -0.397 e. The van der Waals surface area contributed by atoms with Gasteiger partial charge in [0.25, 0.3) is 0 Å². The van der Waals surface area contributed by atoms with Crippen molar-refractivity contribution in [2.45, 2.75) is 32.1 Å². The van der Waals surface area contributed by atoms with E-state index in [0.717, 1.165) is 34.4 Å². The molecule has 2 atom stereocenters. The number of hydrogen-bond acceptors (Lipinski definition) is 3. The largest absolute Gasteiger partial charge is 0.397 e. The quantitative estimate of drug-likeness (QED) is 0.864. The molecule has 0 aromatic carbocycles. The van der Waals surface area contributed by atoms with Crippen LogP contribution in [0.25, 0.3) is 0 Å². The van der Waals surface area contributed by atoms with Crippen molar-refractivity contribution < 1.29 is 0 Å². The highest BCUT2D eigenvalue weighted by atomic mass is 79.9. The van der Waals surface area contributed by atoms with Crippen LogP contribution in [0.3, 0.4) is 0 Å². The second-order valence-electron chi connectivity index (χ2n) is 5.61. The summed E-state index contributed by atoms with van der Waals surface area (Å²) in [6, 6.07) is 1.95. The predicted molar refractivity (Wildman–Crippen MR) is 78.6 cm³/mol. The van der Waals surface area contributed by atoms with E-state index in [1.165, 1.54) is 38.6 Å². The fourth-order valence-electron chi connectivity index (χ4n) is 3.47. The average Bonchev–Trinajstić information content (AvgIpc) is 2.38. The zero-order valence-corrected chi connectivity index (χ0v) is 12.2. The van der Waals surface area contributed by atoms with E-state index >= 15 is 0 Å². The van der Waals surface area contributed by atoms with Gasteiger partial charge in [-0.05, 0) is 46.7 Å². The summed E-state index contributed by atoms with van der Waals surface area (Å²) in [5, 5.41) is 0. The van der Waals surface area contributed by atoms with Gasteiger partial charge in [-0.25, -0.2) is 4.98 Å². The smallest absolute Gasteiger partial charge is 0.143 e. The van der Waals surface area contributed by atoms with E-state index in [9.17, 15) is 0 Å². The van der Waals surface area contributed by atoms with Crippen molar-refractivity contribution in [3.8, 4) is 0 Å². The number of aromatic nitrogens is 1. The van der Waals surface area contributed by atoms with Gasteiger partial charge in [0, 0.05) is 13.1 Å². The molecular weight excluding hydrogens is 290 g/mol. The fourth-order valence-corrected chi connectivity index (χ4v) is 4.09. The second kappa shape index (κ2) is 5.08. The molecule has 2 unspecified atom stereocenters. The van der Waals surface area contributed by atoms with Crippen molar-refractivity contribution in [1.29, 1.82) is 0 Å². The molecule has 0 spiro atoms. The van der Waals surface area contributed by atoms with Crippen molar-refractivity contribution in [2.75, 3.05) is 23.7 Å². The molecule has 1 aromatic heterocycles. The summed E-state index contributed by atoms with van der Waals surface area (Å²) in [6.07, 6.45) is 8.76. The lowest BCUT2D eigenvalue weighted by atomic mass is 9.75. The molecule has 1 saturated carbocycles. The average molecular weight is 310 g/mol. The van der Waals surface area contributed by atoms with Crippen molar-refractivity contribution in [3.63, 3.8) is 0 Å². The van der Waals surface area contributed by atoms with Crippen LogP contribution in [0.2, 0.25) is 0 Å². The lowest BCUT2D eigenvalue weighted by Gasteiger charge is -2.42. The Bertz CT molecular complexity index is 435.